The molecule has 192 valence electrons. The summed E-state index contributed by atoms with van der Waals surface area (Å²) in [6.07, 6.45) is 5.44. The number of carbonyl (C=O) groups excluding carboxylic acids is 1. The first kappa shape index (κ1) is 24.1. The van der Waals surface area contributed by atoms with Crippen molar-refractivity contribution in [2.24, 2.45) is 0 Å². The van der Waals surface area contributed by atoms with Gasteiger partial charge in [0, 0.05) is 12.0 Å². The molecule has 1 atom stereocenters. The zero-order valence-electron chi connectivity index (χ0n) is 21.0. The third kappa shape index (κ3) is 4.75. The van der Waals surface area contributed by atoms with Gasteiger partial charge in [0.05, 0.1) is 29.5 Å². The van der Waals surface area contributed by atoms with Gasteiger partial charge < -0.3 is 14.9 Å². The first-order valence-corrected chi connectivity index (χ1v) is 12.5. The minimum atomic E-state index is -0.995. The molecule has 0 saturated heterocycles. The number of nitrogens with one attached hydrogen (secondary N) is 1. The maximum absolute atomic E-state index is 13.7. The van der Waals surface area contributed by atoms with Crippen LogP contribution in [0.2, 0.25) is 0 Å². The lowest BCUT2D eigenvalue weighted by molar-refractivity contribution is 0.0696. The Balaban J connectivity index is 1.38. The Morgan fingerprint density at radius 1 is 0.949 bits per heavy atom. The Labute approximate surface area is 223 Å². The molecule has 3 heterocycles. The Bertz CT molecular complexity index is 1820. The maximum atomic E-state index is 13.7. The van der Waals surface area contributed by atoms with Crippen molar-refractivity contribution < 1.29 is 19.2 Å². The van der Waals surface area contributed by atoms with Gasteiger partial charge in [0.25, 0.3) is 5.91 Å². The number of imidazole rings is 1. The monoisotopic (exact) mass is 516 g/mol. The molecule has 3 aromatic carbocycles. The van der Waals surface area contributed by atoms with Crippen LogP contribution in [-0.2, 0) is 6.42 Å². The van der Waals surface area contributed by atoms with E-state index in [2.05, 4.69) is 45.8 Å². The molecule has 8 nitrogen and oxygen atoms in total. The molecule has 39 heavy (non-hydrogen) atoms. The molecule has 0 aliphatic heterocycles. The molecule has 6 aromatic rings. The van der Waals surface area contributed by atoms with Crippen LogP contribution in [-0.4, -0.2) is 31.5 Å². The van der Waals surface area contributed by atoms with E-state index < -0.39 is 5.97 Å². The van der Waals surface area contributed by atoms with Gasteiger partial charge in [-0.15, -0.1) is 0 Å². The summed E-state index contributed by atoms with van der Waals surface area (Å²) < 4.78 is 6.91. The number of carboxylic acids is 1. The highest BCUT2D eigenvalue weighted by atomic mass is 16.5. The van der Waals surface area contributed by atoms with Crippen molar-refractivity contribution in [3.05, 3.63) is 126 Å². The van der Waals surface area contributed by atoms with E-state index in [1.54, 1.807) is 30.6 Å². The van der Waals surface area contributed by atoms with Gasteiger partial charge in [-0.2, -0.15) is 0 Å². The Kier molecular flexibility index (Phi) is 6.13. The topological polar surface area (TPSA) is 110 Å². The zero-order chi connectivity index (χ0) is 26.9. The Morgan fingerprint density at radius 3 is 2.49 bits per heavy atom. The third-order valence-electron chi connectivity index (χ3n) is 6.88. The van der Waals surface area contributed by atoms with Crippen molar-refractivity contribution >= 4 is 28.2 Å². The molecule has 8 heteroatoms. The number of hydrogen-bond acceptors (Lipinski definition) is 5. The number of nitrogens with zero attached hydrogens (tertiary/aromatic N) is 3. The van der Waals surface area contributed by atoms with Gasteiger partial charge in [0.2, 0.25) is 0 Å². The molecule has 0 fully saturated rings. The van der Waals surface area contributed by atoms with E-state index in [9.17, 15) is 14.7 Å². The van der Waals surface area contributed by atoms with Crippen molar-refractivity contribution in [1.82, 2.24) is 19.9 Å². The highest BCUT2D eigenvalue weighted by Gasteiger charge is 2.20. The van der Waals surface area contributed by atoms with E-state index in [1.807, 2.05) is 29.5 Å². The quantitative estimate of drug-likeness (QED) is 0.272. The Morgan fingerprint density at radius 2 is 1.74 bits per heavy atom. The minimum Gasteiger partial charge on any atom is -0.478 e. The molecular weight excluding hydrogens is 492 g/mol. The summed E-state index contributed by atoms with van der Waals surface area (Å²) in [4.78, 5) is 29.6. The van der Waals surface area contributed by atoms with Crippen molar-refractivity contribution in [2.45, 2.75) is 19.4 Å². The normalized spacial score (nSPS) is 12.0. The van der Waals surface area contributed by atoms with Crippen molar-refractivity contribution in [1.29, 1.82) is 0 Å². The van der Waals surface area contributed by atoms with Gasteiger partial charge in [0.15, 0.2) is 0 Å². The number of aromatic carboxylic acids is 1. The molecular formula is C31H24N4O4. The number of rotatable bonds is 7. The minimum absolute atomic E-state index is 0.192. The third-order valence-corrected chi connectivity index (χ3v) is 6.88. The van der Waals surface area contributed by atoms with Crippen LogP contribution in [0.5, 0.6) is 0 Å². The van der Waals surface area contributed by atoms with Crippen LogP contribution in [0.4, 0.5) is 0 Å². The number of amides is 1. The largest absolute Gasteiger partial charge is 0.478 e. The zero-order valence-corrected chi connectivity index (χ0v) is 21.0. The summed E-state index contributed by atoms with van der Waals surface area (Å²) >= 11 is 0. The van der Waals surface area contributed by atoms with Crippen LogP contribution in [0, 0.1) is 0 Å². The van der Waals surface area contributed by atoms with Gasteiger partial charge in [-0.25, -0.2) is 9.78 Å². The number of aromatic nitrogens is 3. The first-order chi connectivity index (χ1) is 19.0. The fourth-order valence-electron chi connectivity index (χ4n) is 4.80. The van der Waals surface area contributed by atoms with Gasteiger partial charge in [-0.1, -0.05) is 59.8 Å². The second-order valence-electron chi connectivity index (χ2n) is 9.46. The first-order valence-electron chi connectivity index (χ1n) is 12.5. The second-order valence-corrected chi connectivity index (χ2v) is 9.46. The molecule has 1 amide bonds. The van der Waals surface area contributed by atoms with Crippen LogP contribution in [0.15, 0.2) is 102 Å². The van der Waals surface area contributed by atoms with Crippen LogP contribution in [0.1, 0.15) is 50.8 Å². The van der Waals surface area contributed by atoms with E-state index in [1.165, 1.54) is 18.4 Å². The van der Waals surface area contributed by atoms with E-state index >= 15 is 0 Å². The molecule has 6 rings (SSSR count). The highest BCUT2D eigenvalue weighted by Crippen LogP contribution is 2.26. The number of carboxylic acid groups (broad SMARTS) is 1. The molecule has 3 aromatic heterocycles. The lowest BCUT2D eigenvalue weighted by Gasteiger charge is -2.17. The van der Waals surface area contributed by atoms with E-state index in [4.69, 9.17) is 4.52 Å². The van der Waals surface area contributed by atoms with E-state index in [-0.39, 0.29) is 17.5 Å². The van der Waals surface area contributed by atoms with Crippen LogP contribution < -0.4 is 5.32 Å². The molecule has 2 N–H and O–H groups in total. The fraction of sp³-hybridized carbons (Fsp3) is 0.0968. The molecule has 0 saturated carbocycles. The second kappa shape index (κ2) is 9.90. The molecule has 0 aliphatic carbocycles. The average molecular weight is 517 g/mol. The predicted octanol–water partition coefficient (Wildman–Crippen LogP) is 5.92. The summed E-state index contributed by atoms with van der Waals surface area (Å²) in [5, 5.41) is 18.4. The highest BCUT2D eigenvalue weighted by molar-refractivity contribution is 5.95. The summed E-state index contributed by atoms with van der Waals surface area (Å²) in [5.41, 5.74) is 4.80. The van der Waals surface area contributed by atoms with E-state index in [0.717, 1.165) is 44.4 Å². The maximum Gasteiger partial charge on any atom is 0.335 e. The summed E-state index contributed by atoms with van der Waals surface area (Å²) in [6.45, 7) is 1.86. The van der Waals surface area contributed by atoms with Crippen molar-refractivity contribution in [3.63, 3.8) is 0 Å². The fourth-order valence-corrected chi connectivity index (χ4v) is 4.80. The number of benzene rings is 3. The average Bonchev–Trinajstić information content (AvgIpc) is 3.63. The van der Waals surface area contributed by atoms with Gasteiger partial charge in [-0.05, 0) is 58.7 Å². The standard InChI is InChI=1S/C31H24N4O4/c1-19(21-8-10-23(11-9-21)31(37)38)34-30(36)28-15-25(26-16-33-39-18-26)14-27-17-32-29(35(27)28)13-20-6-7-22-4-2-3-5-24(22)12-20/h2-12,14-19H,13H2,1H3,(H,34,36)(H,37,38)/t19-/m0/s1. The molecule has 0 spiro atoms. The van der Waals surface area contributed by atoms with Gasteiger partial charge in [0.1, 0.15) is 17.8 Å². The van der Waals surface area contributed by atoms with Crippen LogP contribution in [0.3, 0.4) is 0 Å². The lowest BCUT2D eigenvalue weighted by atomic mass is 10.0. The van der Waals surface area contributed by atoms with Crippen molar-refractivity contribution in [2.75, 3.05) is 0 Å². The number of carbonyl (C=O) groups is 2. The molecule has 0 aliphatic rings. The van der Waals surface area contributed by atoms with Gasteiger partial charge in [-0.3, -0.25) is 9.20 Å². The summed E-state index contributed by atoms with van der Waals surface area (Å²) in [7, 11) is 0. The number of fused-ring (bicyclic) bond motifs is 2. The number of hydrogen-bond donors (Lipinski definition) is 2. The van der Waals surface area contributed by atoms with Crippen molar-refractivity contribution in [3.8, 4) is 11.1 Å². The summed E-state index contributed by atoms with van der Waals surface area (Å²) in [5.74, 6) is -0.545. The molecule has 0 radical (unpaired) electrons. The SMILES string of the molecule is C[C@H](NC(=O)c1cc(-c2cnoc2)cc2cnc(Cc3ccc4ccccc4c3)n12)c1ccc(C(=O)O)cc1. The smallest absolute Gasteiger partial charge is 0.335 e. The summed E-state index contributed by atoms with van der Waals surface area (Å²) in [6, 6.07) is 24.4. The molecule has 0 unspecified atom stereocenters. The van der Waals surface area contributed by atoms with E-state index in [0.29, 0.717) is 12.1 Å². The predicted molar refractivity (Wildman–Crippen MR) is 147 cm³/mol. The molecule has 0 bridgehead atoms. The van der Waals surface area contributed by atoms with Crippen LogP contribution >= 0.6 is 0 Å². The lowest BCUT2D eigenvalue weighted by Crippen LogP contribution is -2.28. The number of pyridine rings is 1. The van der Waals surface area contributed by atoms with Crippen LogP contribution in [0.25, 0.3) is 27.4 Å². The Hall–Kier alpha value is -5.24. The van der Waals surface area contributed by atoms with Gasteiger partial charge >= 0.3 is 5.97 Å².